The van der Waals surface area contributed by atoms with Crippen LogP contribution < -0.4 is 15.4 Å². The van der Waals surface area contributed by atoms with Crippen molar-refractivity contribution in [1.82, 2.24) is 15.0 Å². The first-order valence-corrected chi connectivity index (χ1v) is 12.8. The lowest BCUT2D eigenvalue weighted by atomic mass is 9.90. The lowest BCUT2D eigenvalue weighted by molar-refractivity contribution is 0.0929. The molecule has 0 saturated heterocycles. The third-order valence-electron chi connectivity index (χ3n) is 4.70. The second-order valence-electron chi connectivity index (χ2n) is 9.02. The van der Waals surface area contributed by atoms with E-state index < -0.39 is 16.2 Å². The van der Waals surface area contributed by atoms with Crippen LogP contribution in [0.2, 0.25) is 5.02 Å². The van der Waals surface area contributed by atoms with Gasteiger partial charge in [0.25, 0.3) is 15.9 Å². The molecule has 0 aliphatic carbocycles. The number of benzene rings is 2. The molecule has 0 aliphatic rings. The van der Waals surface area contributed by atoms with Crippen molar-refractivity contribution < 1.29 is 13.2 Å². The Labute approximate surface area is 210 Å². The van der Waals surface area contributed by atoms with Gasteiger partial charge in [-0.1, -0.05) is 50.6 Å². The zero-order valence-corrected chi connectivity index (χ0v) is 21.3. The van der Waals surface area contributed by atoms with E-state index in [-0.39, 0.29) is 22.2 Å². The van der Waals surface area contributed by atoms with Gasteiger partial charge in [0.05, 0.1) is 16.8 Å². The highest BCUT2D eigenvalue weighted by Crippen LogP contribution is 2.22. The van der Waals surface area contributed by atoms with Gasteiger partial charge in [-0.25, -0.2) is 18.1 Å². The Morgan fingerprint density at radius 3 is 2.31 bits per heavy atom. The number of rotatable bonds is 7. The molecule has 3 aromatic rings. The Kier molecular flexibility index (Phi) is 8.48. The molecular formula is C25H28ClN5O3S. The molecule has 0 bridgehead atoms. The van der Waals surface area contributed by atoms with E-state index in [0.29, 0.717) is 22.7 Å². The number of hydrogen-bond acceptors (Lipinski definition) is 5. The highest BCUT2D eigenvalue weighted by molar-refractivity contribution is 7.90. The molecule has 1 heterocycles. The third kappa shape index (κ3) is 8.38. The Hall–Kier alpha value is -3.43. The van der Waals surface area contributed by atoms with E-state index in [1.54, 1.807) is 60.8 Å². The zero-order valence-electron chi connectivity index (χ0n) is 19.7. The normalized spacial score (nSPS) is 13.1. The Morgan fingerprint density at radius 1 is 1.03 bits per heavy atom. The second kappa shape index (κ2) is 11.3. The van der Waals surface area contributed by atoms with Gasteiger partial charge in [0.1, 0.15) is 6.17 Å². The molecule has 10 heteroatoms. The molecule has 2 aromatic carbocycles. The molecule has 1 unspecified atom stereocenters. The van der Waals surface area contributed by atoms with E-state index in [0.717, 1.165) is 0 Å². The minimum Gasteiger partial charge on any atom is -0.330 e. The molecule has 1 amide bonds. The average Bonchev–Trinajstić information content (AvgIpc) is 2.79. The van der Waals surface area contributed by atoms with E-state index in [4.69, 9.17) is 11.6 Å². The summed E-state index contributed by atoms with van der Waals surface area (Å²) in [6.07, 6.45) is 2.84. The average molecular weight is 514 g/mol. The van der Waals surface area contributed by atoms with Crippen LogP contribution in [0.15, 0.2) is 89.0 Å². The maximum Gasteiger partial charge on any atom is 0.264 e. The lowest BCUT2D eigenvalue weighted by Gasteiger charge is -2.25. The van der Waals surface area contributed by atoms with E-state index >= 15 is 0 Å². The van der Waals surface area contributed by atoms with Crippen LogP contribution in [0.3, 0.4) is 0 Å². The molecule has 0 saturated carbocycles. The van der Waals surface area contributed by atoms with Crippen molar-refractivity contribution in [3.63, 3.8) is 0 Å². The number of guanidine groups is 1. The number of hydrogen-bond donors (Lipinski definition) is 3. The highest BCUT2D eigenvalue weighted by Gasteiger charge is 2.23. The van der Waals surface area contributed by atoms with Crippen LogP contribution in [0.1, 0.15) is 37.6 Å². The summed E-state index contributed by atoms with van der Waals surface area (Å²) in [5, 5.41) is 6.38. The molecular weight excluding hydrogens is 486 g/mol. The van der Waals surface area contributed by atoms with Crippen molar-refractivity contribution in [3.05, 3.63) is 89.7 Å². The van der Waals surface area contributed by atoms with Crippen molar-refractivity contribution >= 4 is 39.2 Å². The highest BCUT2D eigenvalue weighted by atomic mass is 35.5. The van der Waals surface area contributed by atoms with Gasteiger partial charge in [-0.05, 0) is 60.4 Å². The largest absolute Gasteiger partial charge is 0.330 e. The SMILES string of the molecule is CC(C)(C)CC(/N=C(/Nc1cccnc1)NS(=O)(=O)c1ccccc1)NC(=O)c1ccc(Cl)cc1. The number of nitrogens with one attached hydrogen (secondary N) is 3. The molecule has 184 valence electrons. The summed E-state index contributed by atoms with van der Waals surface area (Å²) in [4.78, 5) is 21.6. The Morgan fingerprint density at radius 2 is 1.71 bits per heavy atom. The number of sulfonamides is 1. The first-order chi connectivity index (χ1) is 16.5. The van der Waals surface area contributed by atoms with Crippen molar-refractivity contribution in [1.29, 1.82) is 0 Å². The van der Waals surface area contributed by atoms with Crippen LogP contribution in [-0.4, -0.2) is 31.4 Å². The summed E-state index contributed by atoms with van der Waals surface area (Å²) in [7, 11) is -3.95. The number of amides is 1. The molecule has 3 N–H and O–H groups in total. The zero-order chi connectivity index (χ0) is 25.5. The number of halogens is 1. The van der Waals surface area contributed by atoms with Crippen LogP contribution in [0.4, 0.5) is 5.69 Å². The summed E-state index contributed by atoms with van der Waals surface area (Å²) in [5.41, 5.74) is 0.717. The van der Waals surface area contributed by atoms with Gasteiger partial charge >= 0.3 is 0 Å². The number of pyridine rings is 1. The van der Waals surface area contributed by atoms with E-state index in [1.807, 2.05) is 20.8 Å². The standard InChI is InChI=1S/C25H28ClN5O3S/c1-25(2,3)16-22(29-23(32)18-11-13-19(26)14-12-18)30-24(28-20-8-7-15-27-17-20)31-35(33,34)21-9-5-4-6-10-21/h4-15,17,22H,16H2,1-3H3,(H,29,32)(H2,28,30,31). The van der Waals surface area contributed by atoms with Gasteiger partial charge in [-0.15, -0.1) is 0 Å². The van der Waals surface area contributed by atoms with Gasteiger partial charge < -0.3 is 10.6 Å². The first kappa shape index (κ1) is 26.2. The van der Waals surface area contributed by atoms with Gasteiger partial charge in [0.15, 0.2) is 0 Å². The Bertz CT molecular complexity index is 1260. The molecule has 0 spiro atoms. The third-order valence-corrected chi connectivity index (χ3v) is 6.31. The van der Waals surface area contributed by atoms with Crippen molar-refractivity contribution in [3.8, 4) is 0 Å². The molecule has 0 radical (unpaired) electrons. The van der Waals surface area contributed by atoms with Gasteiger partial charge in [-0.2, -0.15) is 0 Å². The van der Waals surface area contributed by atoms with Crippen molar-refractivity contribution in [2.24, 2.45) is 10.4 Å². The predicted octanol–water partition coefficient (Wildman–Crippen LogP) is 4.67. The van der Waals surface area contributed by atoms with Crippen LogP contribution in [-0.2, 0) is 10.0 Å². The van der Waals surface area contributed by atoms with Crippen LogP contribution in [0.25, 0.3) is 0 Å². The minimum atomic E-state index is -3.95. The van der Waals surface area contributed by atoms with Crippen LogP contribution >= 0.6 is 11.6 Å². The summed E-state index contributed by atoms with van der Waals surface area (Å²) in [6.45, 7) is 6.02. The van der Waals surface area contributed by atoms with E-state index in [1.165, 1.54) is 18.3 Å². The number of carbonyl (C=O) groups excluding carboxylic acids is 1. The topological polar surface area (TPSA) is 113 Å². The number of nitrogens with zero attached hydrogens (tertiary/aromatic N) is 2. The number of aliphatic imine (C=N–C) groups is 1. The first-order valence-electron chi connectivity index (χ1n) is 10.9. The summed E-state index contributed by atoms with van der Waals surface area (Å²) >= 11 is 5.94. The summed E-state index contributed by atoms with van der Waals surface area (Å²) in [6, 6.07) is 17.9. The molecule has 3 rings (SSSR count). The Balaban J connectivity index is 1.95. The molecule has 8 nitrogen and oxygen atoms in total. The van der Waals surface area contributed by atoms with Crippen LogP contribution in [0, 0.1) is 5.41 Å². The van der Waals surface area contributed by atoms with E-state index in [2.05, 4.69) is 25.3 Å². The quantitative estimate of drug-likeness (QED) is 0.314. The predicted molar refractivity (Wildman–Crippen MR) is 139 cm³/mol. The maximum atomic E-state index is 13.0. The molecule has 0 fully saturated rings. The fraction of sp³-hybridized carbons (Fsp3) is 0.240. The minimum absolute atomic E-state index is 0.0486. The monoisotopic (exact) mass is 513 g/mol. The van der Waals surface area contributed by atoms with Gasteiger partial charge in [0.2, 0.25) is 5.96 Å². The van der Waals surface area contributed by atoms with Gasteiger partial charge in [0, 0.05) is 16.8 Å². The van der Waals surface area contributed by atoms with Crippen molar-refractivity contribution in [2.45, 2.75) is 38.3 Å². The molecule has 35 heavy (non-hydrogen) atoms. The fourth-order valence-electron chi connectivity index (χ4n) is 3.14. The number of anilines is 1. The fourth-order valence-corrected chi connectivity index (χ4v) is 4.26. The smallest absolute Gasteiger partial charge is 0.264 e. The maximum absolute atomic E-state index is 13.0. The number of aromatic nitrogens is 1. The lowest BCUT2D eigenvalue weighted by Crippen LogP contribution is -2.42. The summed E-state index contributed by atoms with van der Waals surface area (Å²) < 4.78 is 28.6. The number of carbonyl (C=O) groups is 1. The molecule has 0 aliphatic heterocycles. The van der Waals surface area contributed by atoms with Crippen molar-refractivity contribution in [2.75, 3.05) is 5.32 Å². The second-order valence-corrected chi connectivity index (χ2v) is 11.1. The molecule has 1 atom stereocenters. The molecule has 1 aromatic heterocycles. The van der Waals surface area contributed by atoms with Gasteiger partial charge in [-0.3, -0.25) is 9.78 Å². The van der Waals surface area contributed by atoms with Crippen LogP contribution in [0.5, 0.6) is 0 Å². The summed E-state index contributed by atoms with van der Waals surface area (Å²) in [5.74, 6) is -0.404. The van der Waals surface area contributed by atoms with E-state index in [9.17, 15) is 13.2 Å².